The zero-order chi connectivity index (χ0) is 19.0. The van der Waals surface area contributed by atoms with Crippen LogP contribution in [0.2, 0.25) is 0 Å². The Morgan fingerprint density at radius 3 is 2.58 bits per heavy atom. The van der Waals surface area contributed by atoms with E-state index in [1.807, 2.05) is 33.2 Å². The molecule has 1 aliphatic heterocycles. The van der Waals surface area contributed by atoms with Crippen molar-refractivity contribution in [3.8, 4) is 0 Å². The van der Waals surface area contributed by atoms with Crippen molar-refractivity contribution in [2.24, 2.45) is 13.0 Å². The Hall–Kier alpha value is -2.57. The molecule has 2 amide bonds. The van der Waals surface area contributed by atoms with Crippen LogP contribution in [0.25, 0.3) is 0 Å². The van der Waals surface area contributed by atoms with Crippen LogP contribution < -0.4 is 5.32 Å². The molecule has 0 bridgehead atoms. The molecular formula is C19H27N5O2. The zero-order valence-corrected chi connectivity index (χ0v) is 16.1. The Balaban J connectivity index is 1.89. The van der Waals surface area contributed by atoms with E-state index < -0.39 is 0 Å². The van der Waals surface area contributed by atoms with Gasteiger partial charge in [0.15, 0.2) is 0 Å². The van der Waals surface area contributed by atoms with Crippen LogP contribution in [0.4, 0.5) is 0 Å². The average Bonchev–Trinajstić information content (AvgIpc) is 3.31. The van der Waals surface area contributed by atoms with Crippen LogP contribution in [0.5, 0.6) is 0 Å². The monoisotopic (exact) mass is 357 g/mol. The fraction of sp³-hybridized carbons (Fsp3) is 0.526. The van der Waals surface area contributed by atoms with Gasteiger partial charge < -0.3 is 14.8 Å². The molecule has 3 rings (SSSR count). The first-order valence-corrected chi connectivity index (χ1v) is 9.03. The van der Waals surface area contributed by atoms with E-state index in [9.17, 15) is 9.59 Å². The van der Waals surface area contributed by atoms with Gasteiger partial charge in [0.1, 0.15) is 0 Å². The maximum absolute atomic E-state index is 13.1. The van der Waals surface area contributed by atoms with Crippen molar-refractivity contribution >= 4 is 11.8 Å². The number of hydrogen-bond donors (Lipinski definition) is 1. The normalized spacial score (nSPS) is 19.8. The second-order valence-corrected chi connectivity index (χ2v) is 7.01. The molecule has 2 aromatic rings. The van der Waals surface area contributed by atoms with Gasteiger partial charge in [-0.1, -0.05) is 0 Å². The van der Waals surface area contributed by atoms with Gasteiger partial charge in [0.25, 0.3) is 5.91 Å². The van der Waals surface area contributed by atoms with E-state index in [1.54, 1.807) is 22.8 Å². The van der Waals surface area contributed by atoms with Crippen LogP contribution in [0.3, 0.4) is 0 Å². The Morgan fingerprint density at radius 2 is 2.04 bits per heavy atom. The first-order valence-electron chi connectivity index (χ1n) is 9.03. The fourth-order valence-electron chi connectivity index (χ4n) is 4.06. The van der Waals surface area contributed by atoms with Gasteiger partial charge >= 0.3 is 0 Å². The first-order chi connectivity index (χ1) is 12.4. The number of nitrogens with zero attached hydrogens (tertiary/aromatic N) is 4. The van der Waals surface area contributed by atoms with Gasteiger partial charge in [0.2, 0.25) is 5.91 Å². The van der Waals surface area contributed by atoms with Crippen LogP contribution in [-0.4, -0.2) is 51.2 Å². The highest BCUT2D eigenvalue weighted by Crippen LogP contribution is 2.34. The van der Waals surface area contributed by atoms with Gasteiger partial charge in [0, 0.05) is 57.2 Å². The van der Waals surface area contributed by atoms with Gasteiger partial charge in [-0.3, -0.25) is 14.3 Å². The van der Waals surface area contributed by atoms with Gasteiger partial charge in [-0.25, -0.2) is 0 Å². The highest BCUT2D eigenvalue weighted by atomic mass is 16.2. The quantitative estimate of drug-likeness (QED) is 0.900. The lowest BCUT2D eigenvalue weighted by Gasteiger charge is -2.16. The fourth-order valence-corrected chi connectivity index (χ4v) is 4.06. The zero-order valence-electron chi connectivity index (χ0n) is 16.1. The van der Waals surface area contributed by atoms with Crippen LogP contribution in [0.1, 0.15) is 40.2 Å². The minimum Gasteiger partial charge on any atom is -0.359 e. The first kappa shape index (κ1) is 18.2. The van der Waals surface area contributed by atoms with Gasteiger partial charge in [-0.2, -0.15) is 5.10 Å². The van der Waals surface area contributed by atoms with Gasteiger partial charge in [-0.05, 0) is 32.4 Å². The minimum absolute atomic E-state index is 0.00177. The highest BCUT2D eigenvalue weighted by Gasteiger charge is 2.41. The molecule has 2 aromatic heterocycles. The topological polar surface area (TPSA) is 72.2 Å². The summed E-state index contributed by atoms with van der Waals surface area (Å²) in [6, 6.07) is 1.95. The lowest BCUT2D eigenvalue weighted by atomic mass is 9.90. The number of hydrogen-bond acceptors (Lipinski definition) is 3. The average molecular weight is 357 g/mol. The number of carbonyl (C=O) groups is 2. The summed E-state index contributed by atoms with van der Waals surface area (Å²) < 4.78 is 3.87. The van der Waals surface area contributed by atoms with Crippen molar-refractivity contribution in [1.82, 2.24) is 24.6 Å². The van der Waals surface area contributed by atoms with Crippen molar-refractivity contribution in [2.45, 2.75) is 33.2 Å². The molecule has 7 nitrogen and oxygen atoms in total. The van der Waals surface area contributed by atoms with E-state index in [-0.39, 0.29) is 23.7 Å². The van der Waals surface area contributed by atoms with Crippen molar-refractivity contribution in [3.05, 3.63) is 41.0 Å². The summed E-state index contributed by atoms with van der Waals surface area (Å²) in [7, 11) is 3.50. The number of rotatable bonds is 4. The van der Waals surface area contributed by atoms with E-state index in [0.717, 1.165) is 29.1 Å². The van der Waals surface area contributed by atoms with E-state index in [2.05, 4.69) is 21.9 Å². The number of aromatic nitrogens is 3. The Bertz CT molecular complexity index is 835. The Kier molecular flexibility index (Phi) is 4.89. The molecule has 26 heavy (non-hydrogen) atoms. The summed E-state index contributed by atoms with van der Waals surface area (Å²) in [6.45, 7) is 7.86. The molecule has 1 fully saturated rings. The summed E-state index contributed by atoms with van der Waals surface area (Å²) in [6.07, 6.45) is 3.72. The van der Waals surface area contributed by atoms with Crippen LogP contribution in [0.15, 0.2) is 18.5 Å². The summed E-state index contributed by atoms with van der Waals surface area (Å²) in [5, 5.41) is 6.97. The van der Waals surface area contributed by atoms with Crippen molar-refractivity contribution in [1.29, 1.82) is 0 Å². The number of aryl methyl sites for hydroxylation is 2. The molecule has 1 aliphatic rings. The van der Waals surface area contributed by atoms with E-state index in [0.29, 0.717) is 13.1 Å². The third kappa shape index (κ3) is 3.02. The van der Waals surface area contributed by atoms with Gasteiger partial charge in [-0.15, -0.1) is 0 Å². The number of carbonyl (C=O) groups excluding carboxylic acids is 2. The van der Waals surface area contributed by atoms with Crippen LogP contribution in [0, 0.1) is 19.8 Å². The molecule has 0 unspecified atom stereocenters. The largest absolute Gasteiger partial charge is 0.359 e. The maximum atomic E-state index is 13.1. The second kappa shape index (κ2) is 6.97. The maximum Gasteiger partial charge on any atom is 0.255 e. The standard InChI is InChI=1S/C19H27N5O2/c1-6-24-12(2)7-15(13(24)3)19(26)23-10-16(14-8-21-22(5)9-14)17(11-23)18(25)20-4/h7-9,16-17H,6,10-11H2,1-5H3,(H,20,25)/t16-,17+/m1/s1. The number of likely N-dealkylation sites (tertiary alicyclic amines) is 1. The Labute approximate surface area is 154 Å². The van der Waals surface area contributed by atoms with E-state index >= 15 is 0 Å². The van der Waals surface area contributed by atoms with Crippen molar-refractivity contribution in [2.75, 3.05) is 20.1 Å². The van der Waals surface area contributed by atoms with Crippen molar-refractivity contribution in [3.63, 3.8) is 0 Å². The van der Waals surface area contributed by atoms with Crippen LogP contribution >= 0.6 is 0 Å². The molecule has 140 valence electrons. The summed E-state index contributed by atoms with van der Waals surface area (Å²) in [5.74, 6) is -0.337. The molecular weight excluding hydrogens is 330 g/mol. The predicted octanol–water partition coefficient (Wildman–Crippen LogP) is 1.46. The lowest BCUT2D eigenvalue weighted by Crippen LogP contribution is -2.33. The molecule has 1 N–H and O–H groups in total. The molecule has 0 saturated carbocycles. The SMILES string of the molecule is CCn1c(C)cc(C(=O)N2C[C@H](C(=O)NC)[C@@H](c3cnn(C)c3)C2)c1C. The predicted molar refractivity (Wildman–Crippen MR) is 99.0 cm³/mol. The third-order valence-corrected chi connectivity index (χ3v) is 5.46. The molecule has 3 heterocycles. The minimum atomic E-state index is -0.261. The molecule has 2 atom stereocenters. The summed E-state index contributed by atoms with van der Waals surface area (Å²) in [5.41, 5.74) is 3.79. The Morgan fingerprint density at radius 1 is 1.31 bits per heavy atom. The van der Waals surface area contributed by atoms with E-state index in [1.165, 1.54) is 0 Å². The molecule has 0 radical (unpaired) electrons. The molecule has 0 spiro atoms. The summed E-state index contributed by atoms with van der Waals surface area (Å²) >= 11 is 0. The lowest BCUT2D eigenvalue weighted by molar-refractivity contribution is -0.124. The number of amides is 2. The van der Waals surface area contributed by atoms with Crippen LogP contribution in [-0.2, 0) is 18.4 Å². The van der Waals surface area contributed by atoms with Gasteiger partial charge in [0.05, 0.1) is 17.7 Å². The van der Waals surface area contributed by atoms with E-state index in [4.69, 9.17) is 0 Å². The smallest absolute Gasteiger partial charge is 0.255 e. The molecule has 1 saturated heterocycles. The number of nitrogens with one attached hydrogen (secondary N) is 1. The molecule has 0 aliphatic carbocycles. The highest BCUT2D eigenvalue weighted by molar-refractivity contribution is 5.96. The third-order valence-electron chi connectivity index (χ3n) is 5.46. The molecule has 0 aromatic carbocycles. The van der Waals surface area contributed by atoms with Crippen molar-refractivity contribution < 1.29 is 9.59 Å². The molecule has 7 heteroatoms. The summed E-state index contributed by atoms with van der Waals surface area (Å²) in [4.78, 5) is 27.4. The second-order valence-electron chi connectivity index (χ2n) is 7.01.